The van der Waals surface area contributed by atoms with Crippen LogP contribution in [0.1, 0.15) is 33.6 Å². The Morgan fingerprint density at radius 1 is 0.923 bits per heavy atom. The summed E-state index contributed by atoms with van der Waals surface area (Å²) < 4.78 is 0. The Labute approximate surface area is 147 Å². The van der Waals surface area contributed by atoms with Crippen molar-refractivity contribution in [3.05, 3.63) is 47.5 Å². The first-order chi connectivity index (χ1) is 12.5. The van der Waals surface area contributed by atoms with E-state index in [-0.39, 0.29) is 11.1 Å². The van der Waals surface area contributed by atoms with Gasteiger partial charge in [-0.3, -0.25) is 24.1 Å². The zero-order chi connectivity index (χ0) is 18.4. The van der Waals surface area contributed by atoms with E-state index in [2.05, 4.69) is 0 Å². The predicted molar refractivity (Wildman–Crippen MR) is 85.1 cm³/mol. The van der Waals surface area contributed by atoms with Gasteiger partial charge < -0.3 is 4.84 Å². The third-order valence-electron chi connectivity index (χ3n) is 4.84. The lowest BCUT2D eigenvalue weighted by Crippen LogP contribution is -2.40. The van der Waals surface area contributed by atoms with E-state index < -0.39 is 48.0 Å². The molecule has 0 spiro atoms. The Morgan fingerprint density at radius 2 is 1.42 bits per heavy atom. The maximum atomic E-state index is 12.3. The zero-order valence-corrected chi connectivity index (χ0v) is 13.6. The van der Waals surface area contributed by atoms with Gasteiger partial charge in [-0.2, -0.15) is 0 Å². The van der Waals surface area contributed by atoms with Gasteiger partial charge in [-0.15, -0.1) is 0 Å². The molecule has 2 atom stereocenters. The molecule has 2 unspecified atom stereocenters. The van der Waals surface area contributed by atoms with Gasteiger partial charge in [-0.25, -0.2) is 4.79 Å². The predicted octanol–water partition coefficient (Wildman–Crippen LogP) is 0.692. The maximum absolute atomic E-state index is 12.3. The third-order valence-corrected chi connectivity index (χ3v) is 4.84. The number of imide groups is 2. The number of hydrogen-bond donors (Lipinski definition) is 0. The number of rotatable bonds is 3. The van der Waals surface area contributed by atoms with Gasteiger partial charge in [-0.1, -0.05) is 29.3 Å². The molecule has 26 heavy (non-hydrogen) atoms. The Bertz CT molecular complexity index is 828. The summed E-state index contributed by atoms with van der Waals surface area (Å²) in [6.07, 6.45) is 4.60. The van der Waals surface area contributed by atoms with Gasteiger partial charge in [0.05, 0.1) is 23.0 Å². The van der Waals surface area contributed by atoms with Crippen LogP contribution in [0.3, 0.4) is 0 Å². The number of amides is 4. The van der Waals surface area contributed by atoms with E-state index in [1.807, 2.05) is 12.2 Å². The minimum absolute atomic E-state index is 0.135. The third kappa shape index (κ3) is 2.33. The molecule has 0 bridgehead atoms. The number of hydroxylamine groups is 2. The van der Waals surface area contributed by atoms with Crippen molar-refractivity contribution in [2.75, 3.05) is 6.54 Å². The number of carbonyl (C=O) groups excluding carboxylic acids is 5. The van der Waals surface area contributed by atoms with Gasteiger partial charge in [0.1, 0.15) is 6.54 Å². The molecule has 8 heteroatoms. The molecule has 8 nitrogen and oxygen atoms in total. The lowest BCUT2D eigenvalue weighted by atomic mass is 9.85. The van der Waals surface area contributed by atoms with Crippen LogP contribution in [0.4, 0.5) is 0 Å². The Balaban J connectivity index is 1.46. The van der Waals surface area contributed by atoms with Crippen LogP contribution in [0.15, 0.2) is 36.4 Å². The van der Waals surface area contributed by atoms with Gasteiger partial charge in [0.15, 0.2) is 0 Å². The van der Waals surface area contributed by atoms with Gasteiger partial charge in [0.2, 0.25) is 11.8 Å². The largest absolute Gasteiger partial charge is 0.352 e. The molecule has 2 heterocycles. The van der Waals surface area contributed by atoms with Gasteiger partial charge in [0, 0.05) is 0 Å². The standard InChI is InChI=1S/C18H14N2O6/c21-14(9-19-15(22)10-5-1-2-6-11(10)16(19)23)26-20-17(24)12-7-3-4-8-13(12)18(20)25/h1-4,7-8,10-11H,5-6,9H2. The molecule has 3 aliphatic rings. The second-order valence-corrected chi connectivity index (χ2v) is 6.33. The normalized spacial score (nSPS) is 24.2. The summed E-state index contributed by atoms with van der Waals surface area (Å²) in [7, 11) is 0. The first-order valence-electron chi connectivity index (χ1n) is 8.18. The molecule has 1 aliphatic carbocycles. The topological polar surface area (TPSA) is 101 Å². The van der Waals surface area contributed by atoms with Crippen LogP contribution in [0.5, 0.6) is 0 Å². The summed E-state index contributed by atoms with van der Waals surface area (Å²) in [5.41, 5.74) is 0.270. The molecule has 4 rings (SSSR count). The first-order valence-corrected chi connectivity index (χ1v) is 8.18. The average molecular weight is 354 g/mol. The highest BCUT2D eigenvalue weighted by atomic mass is 16.7. The number of hydrogen-bond acceptors (Lipinski definition) is 6. The number of allylic oxidation sites excluding steroid dienone is 2. The minimum atomic E-state index is -1.02. The molecule has 4 amide bonds. The first kappa shape index (κ1) is 16.2. The van der Waals surface area contributed by atoms with E-state index >= 15 is 0 Å². The fraction of sp³-hybridized carbons (Fsp3) is 0.278. The SMILES string of the molecule is O=C(CN1C(=O)C2CC=CCC2C1=O)ON1C(=O)c2ccccc2C1=O. The molecule has 1 aromatic carbocycles. The van der Waals surface area contributed by atoms with Crippen molar-refractivity contribution >= 4 is 29.6 Å². The highest BCUT2D eigenvalue weighted by Crippen LogP contribution is 2.35. The molecule has 0 aromatic heterocycles. The van der Waals surface area contributed by atoms with Gasteiger partial charge in [-0.05, 0) is 25.0 Å². The van der Waals surface area contributed by atoms with Crippen molar-refractivity contribution < 1.29 is 28.8 Å². The molecule has 132 valence electrons. The molecular weight excluding hydrogens is 340 g/mol. The van der Waals surface area contributed by atoms with E-state index in [1.54, 1.807) is 12.1 Å². The molecule has 1 aromatic rings. The Kier molecular flexibility index (Phi) is 3.68. The number of likely N-dealkylation sites (tertiary alicyclic amines) is 1. The van der Waals surface area contributed by atoms with Crippen LogP contribution in [-0.2, 0) is 19.2 Å². The Hall–Kier alpha value is -3.29. The molecule has 1 saturated heterocycles. The van der Waals surface area contributed by atoms with Crippen LogP contribution < -0.4 is 0 Å². The van der Waals surface area contributed by atoms with E-state index in [4.69, 9.17) is 4.84 Å². The molecule has 0 N–H and O–H groups in total. The second kappa shape index (κ2) is 5.91. The van der Waals surface area contributed by atoms with Crippen LogP contribution >= 0.6 is 0 Å². The molecule has 0 radical (unpaired) electrons. The summed E-state index contributed by atoms with van der Waals surface area (Å²) >= 11 is 0. The lowest BCUT2D eigenvalue weighted by molar-refractivity contribution is -0.172. The van der Waals surface area contributed by atoms with Gasteiger partial charge in [0.25, 0.3) is 11.8 Å². The summed E-state index contributed by atoms with van der Waals surface area (Å²) in [5, 5.41) is 0.368. The van der Waals surface area contributed by atoms with E-state index in [0.29, 0.717) is 17.9 Å². The summed E-state index contributed by atoms with van der Waals surface area (Å²) in [6, 6.07) is 6.09. The van der Waals surface area contributed by atoms with Crippen LogP contribution in [0.2, 0.25) is 0 Å². The molecule has 2 aliphatic heterocycles. The highest BCUT2D eigenvalue weighted by Gasteiger charge is 2.48. The van der Waals surface area contributed by atoms with Crippen molar-refractivity contribution in [3.8, 4) is 0 Å². The van der Waals surface area contributed by atoms with E-state index in [9.17, 15) is 24.0 Å². The van der Waals surface area contributed by atoms with Crippen LogP contribution in [0.25, 0.3) is 0 Å². The van der Waals surface area contributed by atoms with Crippen molar-refractivity contribution in [2.45, 2.75) is 12.8 Å². The minimum Gasteiger partial charge on any atom is -0.328 e. The van der Waals surface area contributed by atoms with Crippen LogP contribution in [-0.4, -0.2) is 46.1 Å². The fourth-order valence-electron chi connectivity index (χ4n) is 3.53. The summed E-state index contributed by atoms with van der Waals surface area (Å²) in [5.74, 6) is -4.30. The van der Waals surface area contributed by atoms with E-state index in [0.717, 1.165) is 4.90 Å². The number of carbonyl (C=O) groups is 5. The van der Waals surface area contributed by atoms with Gasteiger partial charge >= 0.3 is 5.97 Å². The Morgan fingerprint density at radius 3 is 1.92 bits per heavy atom. The van der Waals surface area contributed by atoms with Crippen molar-refractivity contribution in [2.24, 2.45) is 11.8 Å². The van der Waals surface area contributed by atoms with Crippen molar-refractivity contribution in [1.82, 2.24) is 9.96 Å². The fourth-order valence-corrected chi connectivity index (χ4v) is 3.53. The lowest BCUT2D eigenvalue weighted by Gasteiger charge is -2.16. The summed E-state index contributed by atoms with van der Waals surface area (Å²) in [6.45, 7) is -0.627. The molecule has 1 fully saturated rings. The smallest absolute Gasteiger partial charge is 0.328 e. The highest BCUT2D eigenvalue weighted by molar-refractivity contribution is 6.21. The number of nitrogens with zero attached hydrogens (tertiary/aromatic N) is 2. The average Bonchev–Trinajstić information content (AvgIpc) is 3.03. The van der Waals surface area contributed by atoms with E-state index in [1.165, 1.54) is 12.1 Å². The maximum Gasteiger partial charge on any atom is 0.352 e. The number of fused-ring (bicyclic) bond motifs is 2. The second-order valence-electron chi connectivity index (χ2n) is 6.33. The van der Waals surface area contributed by atoms with Crippen LogP contribution in [0, 0.1) is 11.8 Å². The zero-order valence-electron chi connectivity index (χ0n) is 13.6. The van der Waals surface area contributed by atoms with Crippen molar-refractivity contribution in [1.29, 1.82) is 0 Å². The molecular formula is C18H14N2O6. The quantitative estimate of drug-likeness (QED) is 0.585. The summed E-state index contributed by atoms with van der Waals surface area (Å²) in [4.78, 5) is 66.9. The van der Waals surface area contributed by atoms with Crippen molar-refractivity contribution in [3.63, 3.8) is 0 Å². The number of benzene rings is 1. The molecule has 0 saturated carbocycles. The monoisotopic (exact) mass is 354 g/mol.